The Kier molecular flexibility index (Phi) is 6.17. The monoisotopic (exact) mass is 607 g/mol. The molecule has 4 heterocycles. The molecule has 2 bridgehead atoms. The van der Waals surface area contributed by atoms with Crippen LogP contribution in [-0.2, 0) is 4.79 Å². The van der Waals surface area contributed by atoms with E-state index >= 15 is 0 Å². The van der Waals surface area contributed by atoms with Crippen molar-refractivity contribution in [2.24, 2.45) is 11.3 Å². The molecule has 2 atom stereocenters. The maximum Gasteiger partial charge on any atom is 0.276 e. The number of hydrogen-bond acceptors (Lipinski definition) is 7. The lowest BCUT2D eigenvalue weighted by Crippen LogP contribution is -2.71. The third kappa shape index (κ3) is 4.84. The summed E-state index contributed by atoms with van der Waals surface area (Å²) in [7, 11) is 0. The highest BCUT2D eigenvalue weighted by Crippen LogP contribution is 2.70. The van der Waals surface area contributed by atoms with Crippen molar-refractivity contribution in [3.05, 3.63) is 35.0 Å². The lowest BCUT2D eigenvalue weighted by Gasteiger charge is -2.65. The molecule has 0 unspecified atom stereocenters. The summed E-state index contributed by atoms with van der Waals surface area (Å²) in [5.41, 5.74) is -0.956. The molecule has 10 nitrogen and oxygen atoms in total. The van der Waals surface area contributed by atoms with E-state index in [1.54, 1.807) is 19.1 Å². The number of aromatic nitrogens is 5. The van der Waals surface area contributed by atoms with Gasteiger partial charge in [-0.1, -0.05) is 5.16 Å². The van der Waals surface area contributed by atoms with Gasteiger partial charge >= 0.3 is 0 Å². The van der Waals surface area contributed by atoms with E-state index < -0.39 is 59.8 Å². The number of fused-ring (bicyclic) bond motifs is 1. The van der Waals surface area contributed by atoms with Crippen LogP contribution in [0.15, 0.2) is 16.8 Å². The minimum Gasteiger partial charge on any atom is -0.340 e. The van der Waals surface area contributed by atoms with Crippen LogP contribution in [0.1, 0.15) is 97.6 Å². The van der Waals surface area contributed by atoms with Crippen molar-refractivity contribution in [1.29, 1.82) is 0 Å². The molecule has 43 heavy (non-hydrogen) atoms. The first-order chi connectivity index (χ1) is 20.3. The lowest BCUT2D eigenvalue weighted by atomic mass is 9.41. The molecule has 8 rings (SSSR count). The zero-order chi connectivity index (χ0) is 30.4. The SMILES string of the molecule is Cc1nonc1C(=O)N[C@H](c1nc2nc([C@H]3CCC(F)(F)CN3C(=O)C34CC(F)(C3)C4)ccc2[nH]1)C1CCC(F)(F)CC1. The number of rotatable bonds is 6. The van der Waals surface area contributed by atoms with Gasteiger partial charge in [0.15, 0.2) is 11.3 Å². The number of imidazole rings is 1. The van der Waals surface area contributed by atoms with Crippen LogP contribution in [0, 0.1) is 18.3 Å². The fourth-order valence-corrected chi connectivity index (χ4v) is 7.37. The standard InChI is InChI=1S/C28H30F5N7O3/c1-14-19(39-43-38-14)23(41)36-20(15-4-7-27(30,31)8-5-15)22-35-17-3-2-16(34-21(17)37-22)18-6-9-28(32,33)13-40(18)24(42)25-10-26(29,11-25)12-25/h2-3,15,18,20H,4-13H2,1H3,(H,36,41)(H,34,35,37)/t18-,20+,25?,26?/m1/s1. The molecule has 3 aromatic heterocycles. The number of H-pyrrole nitrogens is 1. The van der Waals surface area contributed by atoms with Crippen molar-refractivity contribution in [2.75, 3.05) is 6.54 Å². The summed E-state index contributed by atoms with van der Waals surface area (Å²) < 4.78 is 75.8. The molecule has 5 fully saturated rings. The number of halogens is 5. The van der Waals surface area contributed by atoms with E-state index in [0.29, 0.717) is 17.0 Å². The Bertz CT molecular complexity index is 1580. The van der Waals surface area contributed by atoms with Crippen molar-refractivity contribution in [1.82, 2.24) is 35.5 Å². The van der Waals surface area contributed by atoms with Gasteiger partial charge in [0.2, 0.25) is 11.8 Å². The Balaban J connectivity index is 1.18. The van der Waals surface area contributed by atoms with E-state index in [1.807, 2.05) is 0 Å². The number of hydrogen-bond donors (Lipinski definition) is 2. The summed E-state index contributed by atoms with van der Waals surface area (Å²) in [5, 5.41) is 10.1. The molecule has 1 saturated heterocycles. The first-order valence-corrected chi connectivity index (χ1v) is 14.5. The second-order valence-electron chi connectivity index (χ2n) is 12.9. The molecule has 1 aliphatic heterocycles. The number of piperidine rings is 1. The number of aryl methyl sites for hydroxylation is 1. The molecular weight excluding hydrogens is 577 g/mol. The Labute approximate surface area is 242 Å². The molecule has 2 N–H and O–H groups in total. The number of aromatic amines is 1. The third-order valence-electron chi connectivity index (χ3n) is 9.65. The third-order valence-corrected chi connectivity index (χ3v) is 9.65. The van der Waals surface area contributed by atoms with Gasteiger partial charge in [-0.25, -0.2) is 36.5 Å². The number of nitrogens with one attached hydrogen (secondary N) is 2. The van der Waals surface area contributed by atoms with Gasteiger partial charge in [0.25, 0.3) is 11.8 Å². The molecule has 5 aliphatic rings. The summed E-state index contributed by atoms with van der Waals surface area (Å²) in [6.45, 7) is 0.784. The molecule has 0 radical (unpaired) electrons. The zero-order valence-electron chi connectivity index (χ0n) is 23.3. The molecule has 0 aromatic carbocycles. The molecule has 230 valence electrons. The van der Waals surface area contributed by atoms with E-state index in [9.17, 15) is 31.5 Å². The first-order valence-electron chi connectivity index (χ1n) is 14.5. The van der Waals surface area contributed by atoms with Gasteiger partial charge in [0, 0.05) is 19.3 Å². The largest absolute Gasteiger partial charge is 0.340 e. The zero-order valence-corrected chi connectivity index (χ0v) is 23.3. The van der Waals surface area contributed by atoms with Crippen LogP contribution in [0.4, 0.5) is 22.0 Å². The Morgan fingerprint density at radius 1 is 1.00 bits per heavy atom. The van der Waals surface area contributed by atoms with E-state index in [4.69, 9.17) is 0 Å². The number of alkyl halides is 5. The van der Waals surface area contributed by atoms with Crippen molar-refractivity contribution < 1.29 is 36.2 Å². The quantitative estimate of drug-likeness (QED) is 0.372. The van der Waals surface area contributed by atoms with Gasteiger partial charge in [-0.2, -0.15) is 0 Å². The van der Waals surface area contributed by atoms with Crippen LogP contribution in [-0.4, -0.2) is 66.0 Å². The average molecular weight is 608 g/mol. The molecule has 2 amide bonds. The number of amides is 2. The predicted molar refractivity (Wildman–Crippen MR) is 139 cm³/mol. The van der Waals surface area contributed by atoms with E-state index in [0.717, 1.165) is 4.90 Å². The summed E-state index contributed by atoms with van der Waals surface area (Å²) in [6, 6.07) is 1.78. The Hall–Kier alpha value is -3.65. The maximum absolute atomic E-state index is 14.5. The van der Waals surface area contributed by atoms with Crippen molar-refractivity contribution in [3.63, 3.8) is 0 Å². The first kappa shape index (κ1) is 28.1. The fraction of sp³-hybridized carbons (Fsp3) is 0.643. The summed E-state index contributed by atoms with van der Waals surface area (Å²) >= 11 is 0. The number of pyridine rings is 1. The van der Waals surface area contributed by atoms with Crippen LogP contribution >= 0.6 is 0 Å². The second kappa shape index (κ2) is 9.42. The van der Waals surface area contributed by atoms with Gasteiger partial charge in [0.1, 0.15) is 17.2 Å². The van der Waals surface area contributed by atoms with Crippen LogP contribution in [0.2, 0.25) is 0 Å². The van der Waals surface area contributed by atoms with Gasteiger partial charge in [0.05, 0.1) is 35.3 Å². The smallest absolute Gasteiger partial charge is 0.276 e. The highest BCUT2D eigenvalue weighted by atomic mass is 19.3. The predicted octanol–water partition coefficient (Wildman–Crippen LogP) is 5.14. The summed E-state index contributed by atoms with van der Waals surface area (Å²) in [4.78, 5) is 40.0. The highest BCUT2D eigenvalue weighted by Gasteiger charge is 2.74. The minimum absolute atomic E-state index is 0.0224. The molecule has 4 saturated carbocycles. The highest BCUT2D eigenvalue weighted by molar-refractivity contribution is 5.93. The second-order valence-corrected chi connectivity index (χ2v) is 12.9. The normalized spacial score (nSPS) is 30.4. The van der Waals surface area contributed by atoms with Crippen LogP contribution in [0.3, 0.4) is 0 Å². The van der Waals surface area contributed by atoms with Crippen molar-refractivity contribution in [3.8, 4) is 0 Å². The van der Waals surface area contributed by atoms with Crippen molar-refractivity contribution in [2.45, 2.75) is 94.3 Å². The van der Waals surface area contributed by atoms with Gasteiger partial charge in [-0.3, -0.25) is 9.59 Å². The lowest BCUT2D eigenvalue weighted by molar-refractivity contribution is -0.228. The molecule has 0 spiro atoms. The topological polar surface area (TPSA) is 130 Å². The van der Waals surface area contributed by atoms with Crippen LogP contribution in [0.25, 0.3) is 11.2 Å². The molecule has 4 aliphatic carbocycles. The maximum atomic E-state index is 14.5. The van der Waals surface area contributed by atoms with E-state index in [2.05, 4.69) is 35.2 Å². The number of carbonyl (C=O) groups excluding carboxylic acids is 2. The minimum atomic E-state index is -3.06. The fourth-order valence-electron chi connectivity index (χ4n) is 7.37. The number of carbonyl (C=O) groups is 2. The Morgan fingerprint density at radius 2 is 1.70 bits per heavy atom. The molecular formula is C28H30F5N7O3. The summed E-state index contributed by atoms with van der Waals surface area (Å²) in [6.07, 6.45) is -0.656. The number of nitrogens with zero attached hydrogens (tertiary/aromatic N) is 5. The van der Waals surface area contributed by atoms with E-state index in [-0.39, 0.29) is 74.3 Å². The van der Waals surface area contributed by atoms with Crippen molar-refractivity contribution >= 4 is 23.0 Å². The Morgan fingerprint density at radius 3 is 2.35 bits per heavy atom. The van der Waals surface area contributed by atoms with Gasteiger partial charge < -0.3 is 15.2 Å². The number of likely N-dealkylation sites (tertiary alicyclic amines) is 1. The molecule has 3 aromatic rings. The average Bonchev–Trinajstić information content (AvgIpc) is 3.54. The summed E-state index contributed by atoms with van der Waals surface area (Å²) in [5.74, 6) is -6.99. The van der Waals surface area contributed by atoms with Crippen LogP contribution < -0.4 is 5.32 Å². The van der Waals surface area contributed by atoms with Gasteiger partial charge in [-0.05, 0) is 68.7 Å². The molecule has 15 heteroatoms. The van der Waals surface area contributed by atoms with Crippen LogP contribution in [0.5, 0.6) is 0 Å². The van der Waals surface area contributed by atoms with Gasteiger partial charge in [-0.15, -0.1) is 0 Å². The van der Waals surface area contributed by atoms with E-state index in [1.165, 1.54) is 0 Å².